The molecule has 1 aromatic rings. The molecule has 1 aliphatic rings. The molecule has 0 amide bonds. The molecule has 2 rings (SSSR count). The Kier molecular flexibility index (Phi) is 4.81. The maximum atomic E-state index is 12.0. The number of aromatic nitrogens is 2. The normalized spacial score (nSPS) is 16.2. The number of esters is 1. The Morgan fingerprint density at radius 2 is 2.15 bits per heavy atom. The van der Waals surface area contributed by atoms with Crippen molar-refractivity contribution in [2.75, 3.05) is 6.61 Å². The van der Waals surface area contributed by atoms with Crippen molar-refractivity contribution in [1.82, 2.24) is 15.1 Å². The number of hydrogen-bond acceptors (Lipinski definition) is 4. The van der Waals surface area contributed by atoms with Crippen LogP contribution in [0.4, 0.5) is 0 Å². The van der Waals surface area contributed by atoms with Crippen molar-refractivity contribution >= 4 is 5.97 Å². The van der Waals surface area contributed by atoms with E-state index in [0.29, 0.717) is 19.1 Å². The van der Waals surface area contributed by atoms with E-state index in [1.54, 1.807) is 0 Å². The SMILES string of the molecule is CCOC(=O)C(CC)n1nc(C)c(CNC2CC2)c1C. The summed E-state index contributed by atoms with van der Waals surface area (Å²) in [5, 5.41) is 8.07. The summed E-state index contributed by atoms with van der Waals surface area (Å²) < 4.78 is 6.98. The Bertz CT molecular complexity index is 478. The first kappa shape index (κ1) is 15.0. The van der Waals surface area contributed by atoms with Gasteiger partial charge in [-0.15, -0.1) is 0 Å². The van der Waals surface area contributed by atoms with Gasteiger partial charge in [0.2, 0.25) is 0 Å². The fraction of sp³-hybridized carbons (Fsp3) is 0.733. The Hall–Kier alpha value is -1.36. The predicted octanol–water partition coefficient (Wildman–Crippen LogP) is 2.27. The zero-order valence-corrected chi connectivity index (χ0v) is 12.9. The lowest BCUT2D eigenvalue weighted by Gasteiger charge is -2.16. The van der Waals surface area contributed by atoms with Crippen molar-refractivity contribution in [3.63, 3.8) is 0 Å². The second-order valence-corrected chi connectivity index (χ2v) is 5.43. The summed E-state index contributed by atoms with van der Waals surface area (Å²) in [5.74, 6) is -0.192. The van der Waals surface area contributed by atoms with E-state index in [0.717, 1.165) is 17.9 Å². The maximum absolute atomic E-state index is 12.0. The summed E-state index contributed by atoms with van der Waals surface area (Å²) in [5.41, 5.74) is 3.27. The van der Waals surface area contributed by atoms with E-state index in [4.69, 9.17) is 4.74 Å². The Balaban J connectivity index is 2.17. The largest absolute Gasteiger partial charge is 0.464 e. The Labute approximate surface area is 120 Å². The molecular weight excluding hydrogens is 254 g/mol. The molecule has 0 aromatic carbocycles. The van der Waals surface area contributed by atoms with Crippen LogP contribution >= 0.6 is 0 Å². The first-order valence-electron chi connectivity index (χ1n) is 7.53. The highest BCUT2D eigenvalue weighted by Crippen LogP contribution is 2.23. The first-order valence-corrected chi connectivity index (χ1v) is 7.53. The van der Waals surface area contributed by atoms with Crippen molar-refractivity contribution in [3.05, 3.63) is 17.0 Å². The van der Waals surface area contributed by atoms with Gasteiger partial charge < -0.3 is 10.1 Å². The monoisotopic (exact) mass is 279 g/mol. The highest BCUT2D eigenvalue weighted by Gasteiger charge is 2.26. The molecule has 1 fully saturated rings. The van der Waals surface area contributed by atoms with E-state index < -0.39 is 0 Å². The second-order valence-electron chi connectivity index (χ2n) is 5.43. The van der Waals surface area contributed by atoms with Gasteiger partial charge in [0.15, 0.2) is 0 Å². The fourth-order valence-electron chi connectivity index (χ4n) is 2.47. The maximum Gasteiger partial charge on any atom is 0.330 e. The molecule has 0 bridgehead atoms. The van der Waals surface area contributed by atoms with Gasteiger partial charge in [-0.05, 0) is 40.0 Å². The van der Waals surface area contributed by atoms with Crippen LogP contribution in [0.2, 0.25) is 0 Å². The van der Waals surface area contributed by atoms with Crippen molar-refractivity contribution in [3.8, 4) is 0 Å². The van der Waals surface area contributed by atoms with Crippen molar-refractivity contribution in [2.45, 2.75) is 65.6 Å². The van der Waals surface area contributed by atoms with E-state index in [-0.39, 0.29) is 12.0 Å². The van der Waals surface area contributed by atoms with Crippen LogP contribution in [0.25, 0.3) is 0 Å². The van der Waals surface area contributed by atoms with Crippen molar-refractivity contribution < 1.29 is 9.53 Å². The second kappa shape index (κ2) is 6.39. The predicted molar refractivity (Wildman–Crippen MR) is 77.5 cm³/mol. The van der Waals surface area contributed by atoms with E-state index >= 15 is 0 Å². The smallest absolute Gasteiger partial charge is 0.330 e. The van der Waals surface area contributed by atoms with Gasteiger partial charge in [-0.2, -0.15) is 5.10 Å². The average molecular weight is 279 g/mol. The van der Waals surface area contributed by atoms with Crippen molar-refractivity contribution in [2.24, 2.45) is 0 Å². The number of rotatable bonds is 7. The molecule has 0 spiro atoms. The number of carbonyl (C=O) groups is 1. The van der Waals surface area contributed by atoms with Gasteiger partial charge in [0.25, 0.3) is 0 Å². The zero-order chi connectivity index (χ0) is 14.7. The molecule has 0 saturated heterocycles. The highest BCUT2D eigenvalue weighted by atomic mass is 16.5. The third kappa shape index (κ3) is 3.20. The lowest BCUT2D eigenvalue weighted by molar-refractivity contribution is -0.147. The van der Waals surface area contributed by atoms with Gasteiger partial charge in [0.05, 0.1) is 12.3 Å². The highest BCUT2D eigenvalue weighted by molar-refractivity contribution is 5.74. The molecule has 1 aliphatic carbocycles. The van der Waals surface area contributed by atoms with E-state index in [2.05, 4.69) is 10.4 Å². The third-order valence-corrected chi connectivity index (χ3v) is 3.86. The van der Waals surface area contributed by atoms with Crippen LogP contribution < -0.4 is 5.32 Å². The lowest BCUT2D eigenvalue weighted by atomic mass is 10.1. The molecule has 1 aromatic heterocycles. The van der Waals surface area contributed by atoms with Crippen LogP contribution in [-0.2, 0) is 16.1 Å². The van der Waals surface area contributed by atoms with Crippen LogP contribution in [0.15, 0.2) is 0 Å². The van der Waals surface area contributed by atoms with Crippen molar-refractivity contribution in [1.29, 1.82) is 0 Å². The number of carbonyl (C=O) groups excluding carboxylic acids is 1. The van der Waals surface area contributed by atoms with Gasteiger partial charge in [-0.25, -0.2) is 4.79 Å². The van der Waals surface area contributed by atoms with Gasteiger partial charge in [0, 0.05) is 23.8 Å². The van der Waals surface area contributed by atoms with Crippen LogP contribution in [-0.4, -0.2) is 28.4 Å². The zero-order valence-electron chi connectivity index (χ0n) is 12.9. The van der Waals surface area contributed by atoms with E-state index in [1.165, 1.54) is 18.4 Å². The summed E-state index contributed by atoms with van der Waals surface area (Å²) in [6.07, 6.45) is 3.23. The van der Waals surface area contributed by atoms with Crippen LogP contribution in [0.3, 0.4) is 0 Å². The molecule has 20 heavy (non-hydrogen) atoms. The minimum absolute atomic E-state index is 0.192. The van der Waals surface area contributed by atoms with Gasteiger partial charge in [0.1, 0.15) is 6.04 Å². The van der Waals surface area contributed by atoms with Crippen LogP contribution in [0.1, 0.15) is 56.1 Å². The Morgan fingerprint density at radius 1 is 1.45 bits per heavy atom. The molecule has 0 aliphatic heterocycles. The minimum Gasteiger partial charge on any atom is -0.464 e. The standard InChI is InChI=1S/C15H25N3O2/c1-5-14(15(19)20-6-2)18-11(4)13(10(3)17-18)9-16-12-7-8-12/h12,14,16H,5-9H2,1-4H3. The van der Waals surface area contributed by atoms with Crippen LogP contribution in [0.5, 0.6) is 0 Å². The summed E-state index contributed by atoms with van der Waals surface area (Å²) in [6.45, 7) is 9.10. The molecule has 1 heterocycles. The van der Waals surface area contributed by atoms with Gasteiger partial charge in [-0.1, -0.05) is 6.92 Å². The molecule has 1 unspecified atom stereocenters. The Morgan fingerprint density at radius 3 is 2.70 bits per heavy atom. The molecule has 0 radical (unpaired) electrons. The number of nitrogens with one attached hydrogen (secondary N) is 1. The third-order valence-electron chi connectivity index (χ3n) is 3.86. The molecule has 5 nitrogen and oxygen atoms in total. The molecule has 112 valence electrons. The summed E-state index contributed by atoms with van der Waals surface area (Å²) >= 11 is 0. The van der Waals surface area contributed by atoms with Crippen LogP contribution in [0, 0.1) is 13.8 Å². The van der Waals surface area contributed by atoms with Gasteiger partial charge >= 0.3 is 5.97 Å². The fourth-order valence-corrected chi connectivity index (χ4v) is 2.47. The lowest BCUT2D eigenvalue weighted by Crippen LogP contribution is -2.23. The quantitative estimate of drug-likeness (QED) is 0.778. The summed E-state index contributed by atoms with van der Waals surface area (Å²) in [6, 6.07) is 0.354. The number of ether oxygens (including phenoxy) is 1. The van der Waals surface area contributed by atoms with E-state index in [1.807, 2.05) is 32.4 Å². The molecular formula is C15H25N3O2. The number of aryl methyl sites for hydroxylation is 1. The molecule has 1 saturated carbocycles. The topological polar surface area (TPSA) is 56.2 Å². The average Bonchev–Trinajstić information content (AvgIpc) is 3.18. The van der Waals surface area contributed by atoms with Gasteiger partial charge in [-0.3, -0.25) is 4.68 Å². The molecule has 1 N–H and O–H groups in total. The number of hydrogen-bond donors (Lipinski definition) is 1. The molecule has 1 atom stereocenters. The van der Waals surface area contributed by atoms with E-state index in [9.17, 15) is 4.79 Å². The minimum atomic E-state index is -0.316. The summed E-state index contributed by atoms with van der Waals surface area (Å²) in [7, 11) is 0. The molecule has 5 heteroatoms. The first-order chi connectivity index (χ1) is 9.58. The number of nitrogens with zero attached hydrogens (tertiary/aromatic N) is 2. The summed E-state index contributed by atoms with van der Waals surface area (Å²) in [4.78, 5) is 12.0.